The first-order valence-corrected chi connectivity index (χ1v) is 9.48. The summed E-state index contributed by atoms with van der Waals surface area (Å²) in [6.07, 6.45) is 7.17. The van der Waals surface area contributed by atoms with Crippen molar-refractivity contribution >= 4 is 5.97 Å². The Hall–Kier alpha value is -2.02. The monoisotopic (exact) mass is 343 g/mol. The predicted octanol–water partition coefficient (Wildman–Crippen LogP) is 5.27. The van der Waals surface area contributed by atoms with Crippen molar-refractivity contribution in [1.29, 1.82) is 5.26 Å². The molecule has 0 aromatic heterocycles. The van der Waals surface area contributed by atoms with Gasteiger partial charge in [0.15, 0.2) is 0 Å². The average Bonchev–Trinajstić information content (AvgIpc) is 2.66. The van der Waals surface area contributed by atoms with Crippen LogP contribution in [-0.4, -0.2) is 12.6 Å². The van der Waals surface area contributed by atoms with E-state index >= 15 is 0 Å². The summed E-state index contributed by atoms with van der Waals surface area (Å²) in [6, 6.07) is 9.71. The number of nitrogens with zero attached hydrogens (tertiary/aromatic N) is 1. The van der Waals surface area contributed by atoms with E-state index in [1.807, 2.05) is 12.1 Å². The Labute approximate surface area is 151 Å². The number of ether oxygens (including phenoxy) is 2. The molecule has 0 spiro atoms. The minimum absolute atomic E-state index is 0.0980. The minimum atomic E-state index is -0.231. The number of hydrogen-bond donors (Lipinski definition) is 0. The van der Waals surface area contributed by atoms with E-state index in [2.05, 4.69) is 19.9 Å². The molecule has 136 valence electrons. The Bertz CT molecular complexity index is 580. The summed E-state index contributed by atoms with van der Waals surface area (Å²) < 4.78 is 11.0. The van der Waals surface area contributed by atoms with Gasteiger partial charge in [0.2, 0.25) is 0 Å². The van der Waals surface area contributed by atoms with Gasteiger partial charge < -0.3 is 9.47 Å². The van der Waals surface area contributed by atoms with Crippen LogP contribution in [0.2, 0.25) is 0 Å². The third kappa shape index (κ3) is 5.49. The molecule has 4 heteroatoms. The van der Waals surface area contributed by atoms with Crippen molar-refractivity contribution < 1.29 is 14.3 Å². The van der Waals surface area contributed by atoms with E-state index in [1.54, 1.807) is 12.1 Å². The molecule has 1 fully saturated rings. The molecule has 4 nitrogen and oxygen atoms in total. The highest BCUT2D eigenvalue weighted by molar-refractivity contribution is 5.75. The van der Waals surface area contributed by atoms with Crippen LogP contribution in [0, 0.1) is 22.7 Å². The first kappa shape index (κ1) is 19.3. The van der Waals surface area contributed by atoms with E-state index < -0.39 is 0 Å². The molecule has 0 unspecified atom stereocenters. The van der Waals surface area contributed by atoms with Crippen LogP contribution in [0.15, 0.2) is 24.3 Å². The van der Waals surface area contributed by atoms with Gasteiger partial charge in [-0.1, -0.05) is 26.7 Å². The summed E-state index contributed by atoms with van der Waals surface area (Å²) >= 11 is 0. The van der Waals surface area contributed by atoms with Crippen LogP contribution in [-0.2, 0) is 4.79 Å². The largest absolute Gasteiger partial charge is 0.494 e. The van der Waals surface area contributed by atoms with E-state index in [-0.39, 0.29) is 17.3 Å². The van der Waals surface area contributed by atoms with Crippen LogP contribution in [0.4, 0.5) is 0 Å². The zero-order chi connectivity index (χ0) is 18.1. The lowest BCUT2D eigenvalue weighted by Gasteiger charge is -2.34. The maximum Gasteiger partial charge on any atom is 0.314 e. The molecule has 1 saturated carbocycles. The standard InChI is InChI=1S/C21H29NO3/c1-3-5-12-21(16-22)13-10-17(11-14-21)20(23)25-19-8-6-18(7-9-19)24-15-4-2/h6-9,17H,3-5,10-15H2,1-2H3/t17-,21+. The third-order valence-electron chi connectivity index (χ3n) is 5.04. The number of carbonyl (C=O) groups is 1. The predicted molar refractivity (Wildman–Crippen MR) is 97.4 cm³/mol. The smallest absolute Gasteiger partial charge is 0.314 e. The van der Waals surface area contributed by atoms with Crippen molar-refractivity contribution in [2.24, 2.45) is 11.3 Å². The fraction of sp³-hybridized carbons (Fsp3) is 0.619. The van der Waals surface area contributed by atoms with Crippen molar-refractivity contribution in [3.05, 3.63) is 24.3 Å². The fourth-order valence-corrected chi connectivity index (χ4v) is 3.36. The topological polar surface area (TPSA) is 59.3 Å². The lowest BCUT2D eigenvalue weighted by Crippen LogP contribution is -2.31. The number of nitriles is 1. The van der Waals surface area contributed by atoms with Crippen molar-refractivity contribution in [3.8, 4) is 17.6 Å². The van der Waals surface area contributed by atoms with Gasteiger partial charge in [-0.3, -0.25) is 4.79 Å². The first-order chi connectivity index (χ1) is 12.1. The molecule has 0 heterocycles. The van der Waals surface area contributed by atoms with Gasteiger partial charge in [-0.25, -0.2) is 0 Å². The molecule has 0 bridgehead atoms. The van der Waals surface area contributed by atoms with Crippen LogP contribution in [0.1, 0.15) is 65.2 Å². The number of hydrogen-bond acceptors (Lipinski definition) is 4. The van der Waals surface area contributed by atoms with Gasteiger partial charge in [-0.2, -0.15) is 5.26 Å². The van der Waals surface area contributed by atoms with Gasteiger partial charge in [-0.15, -0.1) is 0 Å². The summed E-state index contributed by atoms with van der Waals surface area (Å²) in [5, 5.41) is 9.54. The number of unbranched alkanes of at least 4 members (excludes halogenated alkanes) is 1. The highest BCUT2D eigenvalue weighted by Gasteiger charge is 2.37. The van der Waals surface area contributed by atoms with E-state index in [1.165, 1.54) is 0 Å². The van der Waals surface area contributed by atoms with Crippen LogP contribution in [0.25, 0.3) is 0 Å². The fourth-order valence-electron chi connectivity index (χ4n) is 3.36. The second-order valence-corrected chi connectivity index (χ2v) is 7.01. The van der Waals surface area contributed by atoms with Gasteiger partial charge >= 0.3 is 5.97 Å². The third-order valence-corrected chi connectivity index (χ3v) is 5.04. The van der Waals surface area contributed by atoms with E-state index in [9.17, 15) is 10.1 Å². The Kier molecular flexibility index (Phi) is 7.31. The minimum Gasteiger partial charge on any atom is -0.494 e. The Balaban J connectivity index is 1.85. The molecular formula is C21H29NO3. The molecule has 1 aliphatic rings. The maximum atomic E-state index is 12.4. The lowest BCUT2D eigenvalue weighted by atomic mass is 9.69. The second kappa shape index (κ2) is 9.46. The van der Waals surface area contributed by atoms with Gasteiger partial charge in [0.1, 0.15) is 11.5 Å². The van der Waals surface area contributed by atoms with Crippen LogP contribution >= 0.6 is 0 Å². The quantitative estimate of drug-likeness (QED) is 0.476. The van der Waals surface area contributed by atoms with Crippen LogP contribution in [0.3, 0.4) is 0 Å². The van der Waals surface area contributed by atoms with E-state index in [0.29, 0.717) is 12.4 Å². The van der Waals surface area contributed by atoms with Crippen molar-refractivity contribution in [2.75, 3.05) is 6.61 Å². The lowest BCUT2D eigenvalue weighted by molar-refractivity contribution is -0.140. The zero-order valence-electron chi connectivity index (χ0n) is 15.4. The van der Waals surface area contributed by atoms with Gasteiger partial charge in [0.25, 0.3) is 0 Å². The summed E-state index contributed by atoms with van der Waals surface area (Å²) in [5.74, 6) is 1.06. The maximum absolute atomic E-state index is 12.4. The second-order valence-electron chi connectivity index (χ2n) is 7.01. The zero-order valence-corrected chi connectivity index (χ0v) is 15.4. The average molecular weight is 343 g/mol. The van der Waals surface area contributed by atoms with Crippen LogP contribution < -0.4 is 9.47 Å². The highest BCUT2D eigenvalue weighted by atomic mass is 16.5. The molecule has 0 N–H and O–H groups in total. The molecule has 0 radical (unpaired) electrons. The number of carbonyl (C=O) groups excluding carboxylic acids is 1. The van der Waals surface area contributed by atoms with Crippen molar-refractivity contribution in [3.63, 3.8) is 0 Å². The van der Waals surface area contributed by atoms with Crippen molar-refractivity contribution in [1.82, 2.24) is 0 Å². The van der Waals surface area contributed by atoms with Gasteiger partial charge in [-0.05, 0) is 62.8 Å². The van der Waals surface area contributed by atoms with Crippen LogP contribution in [0.5, 0.6) is 11.5 Å². The molecule has 1 aliphatic carbocycles. The first-order valence-electron chi connectivity index (χ1n) is 9.48. The normalized spacial score (nSPS) is 22.8. The molecule has 25 heavy (non-hydrogen) atoms. The van der Waals surface area contributed by atoms with Crippen molar-refractivity contribution in [2.45, 2.75) is 65.2 Å². The summed E-state index contributed by atoms with van der Waals surface area (Å²) in [4.78, 5) is 12.4. The molecule has 0 atom stereocenters. The van der Waals surface area contributed by atoms with Gasteiger partial charge in [0, 0.05) is 0 Å². The molecule has 0 saturated heterocycles. The van der Waals surface area contributed by atoms with E-state index in [4.69, 9.17) is 9.47 Å². The molecule has 0 aliphatic heterocycles. The highest BCUT2D eigenvalue weighted by Crippen LogP contribution is 2.42. The number of rotatable bonds is 8. The Morgan fingerprint density at radius 1 is 1.16 bits per heavy atom. The molecule has 2 rings (SSSR count). The van der Waals surface area contributed by atoms with E-state index in [0.717, 1.165) is 57.1 Å². The molecular weight excluding hydrogens is 314 g/mol. The molecule has 0 amide bonds. The summed E-state index contributed by atoms with van der Waals surface area (Å²) in [6.45, 7) is 4.89. The number of esters is 1. The summed E-state index contributed by atoms with van der Waals surface area (Å²) in [5.41, 5.74) is -0.231. The SMILES string of the molecule is CCCC[C@]1(C#N)CC[C@@H](C(=O)Oc2ccc(OCCC)cc2)CC1. The molecule has 1 aromatic rings. The van der Waals surface area contributed by atoms with Gasteiger partial charge in [0.05, 0.1) is 24.0 Å². The summed E-state index contributed by atoms with van der Waals surface area (Å²) in [7, 11) is 0. The Morgan fingerprint density at radius 2 is 1.80 bits per heavy atom. The molecule has 1 aromatic carbocycles. The Morgan fingerprint density at radius 3 is 2.36 bits per heavy atom. The number of benzene rings is 1.